The largest absolute Gasteiger partial charge is 0.361 e. The first-order valence-electron chi connectivity index (χ1n) is 6.08. The molecule has 86 valence electrons. The maximum Gasteiger partial charge on any atom is 0.0456 e. The summed E-state index contributed by atoms with van der Waals surface area (Å²) in [7, 11) is 0. The fraction of sp³-hybridized carbons (Fsp3) is 0.429. The van der Waals surface area contributed by atoms with Crippen LogP contribution in [0, 0.1) is 0 Å². The molecule has 2 nitrogen and oxygen atoms in total. The van der Waals surface area contributed by atoms with E-state index in [1.54, 1.807) is 0 Å². The summed E-state index contributed by atoms with van der Waals surface area (Å²) in [5.41, 5.74) is 8.41. The summed E-state index contributed by atoms with van der Waals surface area (Å²) in [6, 6.07) is 8.82. The van der Waals surface area contributed by atoms with E-state index < -0.39 is 0 Å². The summed E-state index contributed by atoms with van der Waals surface area (Å²) in [6.45, 7) is 2.08. The molecule has 2 heteroatoms. The minimum Gasteiger partial charge on any atom is -0.361 e. The molecular weight excluding hydrogens is 196 g/mol. The first kappa shape index (κ1) is 11.2. The van der Waals surface area contributed by atoms with Crippen LogP contribution in [0.3, 0.4) is 0 Å². The van der Waals surface area contributed by atoms with E-state index in [2.05, 4.69) is 42.4 Å². The van der Waals surface area contributed by atoms with Crippen molar-refractivity contribution in [3.05, 3.63) is 36.0 Å². The maximum absolute atomic E-state index is 5.74. The van der Waals surface area contributed by atoms with E-state index in [9.17, 15) is 0 Å². The highest BCUT2D eigenvalue weighted by atomic mass is 14.7. The van der Waals surface area contributed by atoms with Crippen molar-refractivity contribution in [2.75, 3.05) is 0 Å². The third-order valence-electron chi connectivity index (χ3n) is 3.03. The number of aryl methyl sites for hydroxylation is 1. The highest BCUT2D eigenvalue weighted by Gasteiger charge is 2.02. The SMILES string of the molecule is C[C@@H](N)CCCCc1c[nH]c2ccccc12. The number of H-pyrrole nitrogens is 1. The van der Waals surface area contributed by atoms with Gasteiger partial charge in [-0.3, -0.25) is 0 Å². The van der Waals surface area contributed by atoms with Crippen molar-refractivity contribution in [1.82, 2.24) is 4.98 Å². The number of hydrogen-bond acceptors (Lipinski definition) is 1. The molecule has 0 aliphatic carbocycles. The van der Waals surface area contributed by atoms with Gasteiger partial charge in [0.15, 0.2) is 0 Å². The van der Waals surface area contributed by atoms with Gasteiger partial charge in [0.1, 0.15) is 0 Å². The van der Waals surface area contributed by atoms with E-state index in [4.69, 9.17) is 5.73 Å². The Bertz CT molecular complexity index is 443. The third-order valence-corrected chi connectivity index (χ3v) is 3.03. The maximum atomic E-state index is 5.74. The monoisotopic (exact) mass is 216 g/mol. The number of hydrogen-bond donors (Lipinski definition) is 2. The van der Waals surface area contributed by atoms with Gasteiger partial charge in [0.2, 0.25) is 0 Å². The highest BCUT2D eigenvalue weighted by molar-refractivity contribution is 5.82. The van der Waals surface area contributed by atoms with Crippen molar-refractivity contribution in [2.45, 2.75) is 38.6 Å². The van der Waals surface area contributed by atoms with Gasteiger partial charge in [0, 0.05) is 23.1 Å². The molecule has 0 unspecified atom stereocenters. The zero-order chi connectivity index (χ0) is 11.4. The van der Waals surface area contributed by atoms with Crippen LogP contribution in [-0.2, 0) is 6.42 Å². The van der Waals surface area contributed by atoms with Crippen molar-refractivity contribution < 1.29 is 0 Å². The number of nitrogens with two attached hydrogens (primary N) is 1. The Morgan fingerprint density at radius 1 is 1.25 bits per heavy atom. The summed E-state index contributed by atoms with van der Waals surface area (Å²) in [5, 5.41) is 1.36. The van der Waals surface area contributed by atoms with Crippen LogP contribution < -0.4 is 5.73 Å². The van der Waals surface area contributed by atoms with E-state index in [0.29, 0.717) is 6.04 Å². The first-order valence-corrected chi connectivity index (χ1v) is 6.08. The van der Waals surface area contributed by atoms with Crippen molar-refractivity contribution in [3.63, 3.8) is 0 Å². The van der Waals surface area contributed by atoms with Crippen molar-refractivity contribution in [2.24, 2.45) is 5.73 Å². The molecule has 0 aliphatic heterocycles. The predicted molar refractivity (Wildman–Crippen MR) is 69.5 cm³/mol. The van der Waals surface area contributed by atoms with Gasteiger partial charge in [-0.2, -0.15) is 0 Å². The summed E-state index contributed by atoms with van der Waals surface area (Å²) in [4.78, 5) is 3.31. The van der Waals surface area contributed by atoms with Crippen LogP contribution in [0.15, 0.2) is 30.5 Å². The van der Waals surface area contributed by atoms with Crippen LogP contribution in [0.4, 0.5) is 0 Å². The van der Waals surface area contributed by atoms with Gasteiger partial charge in [-0.1, -0.05) is 24.6 Å². The quantitative estimate of drug-likeness (QED) is 0.740. The van der Waals surface area contributed by atoms with Crippen molar-refractivity contribution >= 4 is 10.9 Å². The lowest BCUT2D eigenvalue weighted by Gasteiger charge is -2.03. The summed E-state index contributed by atoms with van der Waals surface area (Å²) < 4.78 is 0. The minimum absolute atomic E-state index is 0.336. The zero-order valence-corrected chi connectivity index (χ0v) is 9.87. The Balaban J connectivity index is 1.94. The standard InChI is InChI=1S/C14H20N2/c1-11(15)6-2-3-7-12-10-16-14-9-5-4-8-13(12)14/h4-5,8-11,16H,2-3,6-7,15H2,1H3/t11-/m1/s1. The van der Waals surface area contributed by atoms with E-state index in [1.807, 2.05) is 0 Å². The first-order chi connectivity index (χ1) is 7.77. The number of fused-ring (bicyclic) bond motifs is 1. The van der Waals surface area contributed by atoms with Gasteiger partial charge < -0.3 is 10.7 Å². The Hall–Kier alpha value is -1.28. The second kappa shape index (κ2) is 5.17. The van der Waals surface area contributed by atoms with Gasteiger partial charge in [0.05, 0.1) is 0 Å². The lowest BCUT2D eigenvalue weighted by atomic mass is 10.0. The lowest BCUT2D eigenvalue weighted by Crippen LogP contribution is -2.14. The Morgan fingerprint density at radius 3 is 2.88 bits per heavy atom. The molecule has 3 N–H and O–H groups in total. The fourth-order valence-corrected chi connectivity index (χ4v) is 2.12. The molecule has 16 heavy (non-hydrogen) atoms. The minimum atomic E-state index is 0.336. The molecule has 1 aromatic heterocycles. The molecule has 0 spiro atoms. The second-order valence-electron chi connectivity index (χ2n) is 4.58. The normalized spacial score (nSPS) is 13.1. The van der Waals surface area contributed by atoms with Crippen LogP contribution in [0.5, 0.6) is 0 Å². The van der Waals surface area contributed by atoms with E-state index in [1.165, 1.54) is 29.3 Å². The molecule has 0 saturated heterocycles. The Kier molecular flexibility index (Phi) is 3.62. The Labute approximate surface area is 96.9 Å². The molecule has 0 aliphatic rings. The van der Waals surface area contributed by atoms with Gasteiger partial charge >= 0.3 is 0 Å². The van der Waals surface area contributed by atoms with E-state index >= 15 is 0 Å². The molecular formula is C14H20N2. The number of unbranched alkanes of at least 4 members (excludes halogenated alkanes) is 1. The number of rotatable bonds is 5. The molecule has 0 bridgehead atoms. The molecule has 1 heterocycles. The van der Waals surface area contributed by atoms with Gasteiger partial charge in [-0.15, -0.1) is 0 Å². The highest BCUT2D eigenvalue weighted by Crippen LogP contribution is 2.19. The smallest absolute Gasteiger partial charge is 0.0456 e. The Morgan fingerprint density at radius 2 is 2.06 bits per heavy atom. The van der Waals surface area contributed by atoms with Crippen LogP contribution in [0.1, 0.15) is 31.7 Å². The van der Waals surface area contributed by atoms with Crippen molar-refractivity contribution in [1.29, 1.82) is 0 Å². The fourth-order valence-electron chi connectivity index (χ4n) is 2.12. The lowest BCUT2D eigenvalue weighted by molar-refractivity contribution is 0.598. The third kappa shape index (κ3) is 2.64. The molecule has 0 radical (unpaired) electrons. The number of para-hydroxylation sites is 1. The number of aromatic nitrogens is 1. The van der Waals surface area contributed by atoms with Crippen LogP contribution in [-0.4, -0.2) is 11.0 Å². The van der Waals surface area contributed by atoms with Crippen LogP contribution in [0.2, 0.25) is 0 Å². The topological polar surface area (TPSA) is 41.8 Å². The molecule has 2 rings (SSSR count). The average molecular weight is 216 g/mol. The van der Waals surface area contributed by atoms with E-state index in [-0.39, 0.29) is 0 Å². The number of nitrogens with one attached hydrogen (secondary N) is 1. The van der Waals surface area contributed by atoms with Gasteiger partial charge in [-0.05, 0) is 37.8 Å². The predicted octanol–water partition coefficient (Wildman–Crippen LogP) is 3.23. The molecule has 0 amide bonds. The van der Waals surface area contributed by atoms with Gasteiger partial charge in [-0.25, -0.2) is 0 Å². The van der Waals surface area contributed by atoms with E-state index in [0.717, 1.165) is 12.8 Å². The summed E-state index contributed by atoms with van der Waals surface area (Å²) in [6.07, 6.45) is 6.86. The number of aromatic amines is 1. The molecule has 0 saturated carbocycles. The number of benzene rings is 1. The average Bonchev–Trinajstić information content (AvgIpc) is 2.68. The van der Waals surface area contributed by atoms with Crippen LogP contribution >= 0.6 is 0 Å². The summed E-state index contributed by atoms with van der Waals surface area (Å²) >= 11 is 0. The van der Waals surface area contributed by atoms with Crippen molar-refractivity contribution in [3.8, 4) is 0 Å². The molecule has 1 atom stereocenters. The zero-order valence-electron chi connectivity index (χ0n) is 9.87. The molecule has 2 aromatic rings. The second-order valence-corrected chi connectivity index (χ2v) is 4.58. The molecule has 0 fully saturated rings. The summed E-state index contributed by atoms with van der Waals surface area (Å²) in [5.74, 6) is 0. The van der Waals surface area contributed by atoms with Crippen LogP contribution in [0.25, 0.3) is 10.9 Å². The molecule has 1 aromatic carbocycles. The van der Waals surface area contributed by atoms with Gasteiger partial charge in [0.25, 0.3) is 0 Å².